The van der Waals surface area contributed by atoms with Gasteiger partial charge < -0.3 is 5.32 Å². The first-order valence-electron chi connectivity index (χ1n) is 6.26. The monoisotopic (exact) mass is 318 g/mol. The van der Waals surface area contributed by atoms with Crippen molar-refractivity contribution in [2.45, 2.75) is 32.6 Å². The Morgan fingerprint density at radius 3 is 2.67 bits per heavy atom. The highest BCUT2D eigenvalue weighted by Crippen LogP contribution is 2.30. The van der Waals surface area contributed by atoms with E-state index in [4.69, 9.17) is 11.6 Å². The molecule has 114 valence electrons. The number of nitrogens with one attached hydrogen (secondary N) is 1. The Morgan fingerprint density at radius 2 is 2.05 bits per heavy atom. The maximum atomic E-state index is 12.4. The zero-order chi connectivity index (χ0) is 15.6. The Morgan fingerprint density at radius 1 is 1.33 bits per heavy atom. The molecule has 0 spiro atoms. The lowest BCUT2D eigenvalue weighted by Crippen LogP contribution is -2.17. The molecule has 0 aliphatic heterocycles. The quantitative estimate of drug-likeness (QED) is 0.867. The first kappa shape index (κ1) is 15.6. The number of rotatable bonds is 4. The molecule has 2 aromatic heterocycles. The highest BCUT2D eigenvalue weighted by molar-refractivity contribution is 6.29. The van der Waals surface area contributed by atoms with Gasteiger partial charge in [0.15, 0.2) is 0 Å². The van der Waals surface area contributed by atoms with Gasteiger partial charge in [0.1, 0.15) is 11.7 Å². The molecule has 0 unspecified atom stereocenters. The van der Waals surface area contributed by atoms with Gasteiger partial charge in [-0.1, -0.05) is 11.6 Å². The number of alkyl halides is 3. The van der Waals surface area contributed by atoms with E-state index in [1.165, 1.54) is 18.6 Å². The molecule has 0 aliphatic rings. The lowest BCUT2D eigenvalue weighted by molar-refractivity contribution is -0.142. The molecular formula is C13H14ClF3N4. The van der Waals surface area contributed by atoms with E-state index in [9.17, 15) is 13.2 Å². The van der Waals surface area contributed by atoms with Crippen molar-refractivity contribution >= 4 is 17.3 Å². The van der Waals surface area contributed by atoms with Crippen molar-refractivity contribution in [2.75, 3.05) is 5.32 Å². The maximum Gasteiger partial charge on any atom is 0.408 e. The van der Waals surface area contributed by atoms with E-state index in [2.05, 4.69) is 15.4 Å². The van der Waals surface area contributed by atoms with Crippen LogP contribution in [-0.4, -0.2) is 27.0 Å². The Balaban J connectivity index is 2.33. The molecule has 0 saturated heterocycles. The fourth-order valence-corrected chi connectivity index (χ4v) is 2.02. The minimum Gasteiger partial charge on any atom is -0.382 e. The minimum absolute atomic E-state index is 0.146. The molecule has 2 aromatic rings. The summed E-state index contributed by atoms with van der Waals surface area (Å²) < 4.78 is 37.9. The summed E-state index contributed by atoms with van der Waals surface area (Å²) in [6, 6.07) is 1.78. The third kappa shape index (κ3) is 4.35. The fraction of sp³-hybridized carbons (Fsp3) is 0.385. The van der Waals surface area contributed by atoms with Crippen molar-refractivity contribution in [3.63, 3.8) is 0 Å². The summed E-state index contributed by atoms with van der Waals surface area (Å²) in [4.78, 5) is 3.97. The number of halogens is 4. The predicted octanol–water partition coefficient (Wildman–Crippen LogP) is 3.98. The SMILES string of the molecule is CC(C)Nc1cc(Cl)ncc1-c1cnn(CC(F)(F)F)c1. The third-order valence-electron chi connectivity index (χ3n) is 2.60. The van der Waals surface area contributed by atoms with Gasteiger partial charge in [-0.2, -0.15) is 18.3 Å². The van der Waals surface area contributed by atoms with E-state index >= 15 is 0 Å². The number of hydrogen-bond acceptors (Lipinski definition) is 3. The van der Waals surface area contributed by atoms with Gasteiger partial charge in [0.2, 0.25) is 0 Å². The van der Waals surface area contributed by atoms with Gasteiger partial charge in [-0.3, -0.25) is 4.68 Å². The molecule has 0 radical (unpaired) electrons. The van der Waals surface area contributed by atoms with Crippen LogP contribution in [0.15, 0.2) is 24.7 Å². The predicted molar refractivity (Wildman–Crippen MR) is 75.3 cm³/mol. The highest BCUT2D eigenvalue weighted by Gasteiger charge is 2.28. The van der Waals surface area contributed by atoms with Crippen LogP contribution in [0.2, 0.25) is 5.15 Å². The number of nitrogens with zero attached hydrogens (tertiary/aromatic N) is 3. The van der Waals surface area contributed by atoms with Crippen molar-refractivity contribution in [3.8, 4) is 11.1 Å². The average Bonchev–Trinajstić information content (AvgIpc) is 2.74. The number of aromatic nitrogens is 3. The second-order valence-electron chi connectivity index (χ2n) is 4.89. The lowest BCUT2D eigenvalue weighted by atomic mass is 10.1. The molecule has 0 atom stereocenters. The van der Waals surface area contributed by atoms with Crippen LogP contribution in [-0.2, 0) is 6.54 Å². The summed E-state index contributed by atoms with van der Waals surface area (Å²) >= 11 is 5.86. The summed E-state index contributed by atoms with van der Waals surface area (Å²) in [7, 11) is 0. The molecule has 0 aromatic carbocycles. The Hall–Kier alpha value is -1.76. The Kier molecular flexibility index (Phi) is 4.41. The van der Waals surface area contributed by atoms with Gasteiger partial charge >= 0.3 is 6.18 Å². The Labute approximate surface area is 124 Å². The molecule has 1 N–H and O–H groups in total. The van der Waals surface area contributed by atoms with E-state index in [-0.39, 0.29) is 6.04 Å². The van der Waals surface area contributed by atoms with Gasteiger partial charge in [-0.15, -0.1) is 0 Å². The number of hydrogen-bond donors (Lipinski definition) is 1. The van der Waals surface area contributed by atoms with Crippen LogP contribution in [0.4, 0.5) is 18.9 Å². The summed E-state index contributed by atoms with van der Waals surface area (Å²) in [6.07, 6.45) is -0.0748. The highest BCUT2D eigenvalue weighted by atomic mass is 35.5. The fourth-order valence-electron chi connectivity index (χ4n) is 1.86. The third-order valence-corrected chi connectivity index (χ3v) is 2.81. The largest absolute Gasteiger partial charge is 0.408 e. The van der Waals surface area contributed by atoms with Gasteiger partial charge in [0.05, 0.1) is 6.20 Å². The zero-order valence-electron chi connectivity index (χ0n) is 11.4. The molecule has 0 bridgehead atoms. The molecule has 8 heteroatoms. The summed E-state index contributed by atoms with van der Waals surface area (Å²) in [5, 5.41) is 7.23. The van der Waals surface area contributed by atoms with Crippen LogP contribution in [0.25, 0.3) is 11.1 Å². The summed E-state index contributed by atoms with van der Waals surface area (Å²) in [6.45, 7) is 2.78. The topological polar surface area (TPSA) is 42.7 Å². The van der Waals surface area contributed by atoms with Crippen LogP contribution in [0.5, 0.6) is 0 Å². The molecule has 0 aliphatic carbocycles. The molecule has 2 rings (SSSR count). The van der Waals surface area contributed by atoms with Gasteiger partial charge in [-0.25, -0.2) is 4.98 Å². The second kappa shape index (κ2) is 5.93. The van der Waals surface area contributed by atoms with Crippen molar-refractivity contribution < 1.29 is 13.2 Å². The van der Waals surface area contributed by atoms with Crippen LogP contribution in [0, 0.1) is 0 Å². The molecule has 0 saturated carbocycles. The molecule has 2 heterocycles. The van der Waals surface area contributed by atoms with Crippen LogP contribution in [0.3, 0.4) is 0 Å². The van der Waals surface area contributed by atoms with Crippen molar-refractivity contribution in [1.29, 1.82) is 0 Å². The second-order valence-corrected chi connectivity index (χ2v) is 5.28. The van der Waals surface area contributed by atoms with E-state index in [1.807, 2.05) is 13.8 Å². The first-order chi connectivity index (χ1) is 9.74. The lowest BCUT2D eigenvalue weighted by Gasteiger charge is -2.14. The standard InChI is InChI=1S/C13H14ClF3N4/c1-8(2)20-11-3-12(14)18-5-10(11)9-4-19-21(6-9)7-13(15,16)17/h3-6,8H,7H2,1-2H3,(H,18,20). The first-order valence-corrected chi connectivity index (χ1v) is 6.64. The molecule has 21 heavy (non-hydrogen) atoms. The Bertz CT molecular complexity index is 622. The van der Waals surface area contributed by atoms with Crippen molar-refractivity contribution in [2.24, 2.45) is 0 Å². The van der Waals surface area contributed by atoms with Crippen molar-refractivity contribution in [1.82, 2.24) is 14.8 Å². The normalized spacial score (nSPS) is 12.0. The maximum absolute atomic E-state index is 12.4. The smallest absolute Gasteiger partial charge is 0.382 e. The van der Waals surface area contributed by atoms with Gasteiger partial charge in [-0.05, 0) is 19.9 Å². The van der Waals surface area contributed by atoms with Crippen LogP contribution >= 0.6 is 11.6 Å². The summed E-state index contributed by atoms with van der Waals surface area (Å²) in [5.74, 6) is 0. The molecule has 4 nitrogen and oxygen atoms in total. The minimum atomic E-state index is -4.31. The molecular weight excluding hydrogens is 305 g/mol. The van der Waals surface area contributed by atoms with E-state index in [1.54, 1.807) is 6.07 Å². The number of anilines is 1. The molecule has 0 fully saturated rings. The summed E-state index contributed by atoms with van der Waals surface area (Å²) in [5.41, 5.74) is 1.91. The van der Waals surface area contributed by atoms with Gasteiger partial charge in [0, 0.05) is 35.2 Å². The van der Waals surface area contributed by atoms with Gasteiger partial charge in [0.25, 0.3) is 0 Å². The van der Waals surface area contributed by atoms with E-state index < -0.39 is 12.7 Å². The van der Waals surface area contributed by atoms with Crippen LogP contribution < -0.4 is 5.32 Å². The van der Waals surface area contributed by atoms with Crippen molar-refractivity contribution in [3.05, 3.63) is 29.8 Å². The van der Waals surface area contributed by atoms with Crippen LogP contribution in [0.1, 0.15) is 13.8 Å². The average molecular weight is 319 g/mol. The van der Waals surface area contributed by atoms with E-state index in [0.717, 1.165) is 4.68 Å². The molecule has 0 amide bonds. The van der Waals surface area contributed by atoms with E-state index in [0.29, 0.717) is 22.0 Å². The number of pyridine rings is 1. The zero-order valence-corrected chi connectivity index (χ0v) is 12.2.